The Morgan fingerprint density at radius 1 is 0.875 bits per heavy atom. The fraction of sp³-hybridized carbons (Fsp3) is 0.462. The summed E-state index contributed by atoms with van der Waals surface area (Å²) in [5, 5.41) is 0. The number of amides is 2. The zero-order valence-electron chi connectivity index (χ0n) is 19.0. The highest BCUT2D eigenvalue weighted by molar-refractivity contribution is 5.95. The molecule has 170 valence electrons. The van der Waals surface area contributed by atoms with Crippen molar-refractivity contribution in [3.8, 4) is 11.5 Å². The van der Waals surface area contributed by atoms with Crippen LogP contribution in [0.5, 0.6) is 11.5 Å². The number of benzene rings is 2. The molecule has 2 aromatic rings. The van der Waals surface area contributed by atoms with E-state index in [1.165, 1.54) is 12.8 Å². The van der Waals surface area contributed by atoms with E-state index in [4.69, 9.17) is 9.47 Å². The first-order chi connectivity index (χ1) is 15.6. The van der Waals surface area contributed by atoms with Gasteiger partial charge in [0.1, 0.15) is 24.1 Å². The van der Waals surface area contributed by atoms with Crippen LogP contribution in [0.15, 0.2) is 48.5 Å². The molecule has 2 fully saturated rings. The van der Waals surface area contributed by atoms with Crippen molar-refractivity contribution in [2.45, 2.75) is 57.2 Å². The van der Waals surface area contributed by atoms with Gasteiger partial charge in [-0.1, -0.05) is 56.0 Å². The maximum absolute atomic E-state index is 13.9. The third-order valence-corrected chi connectivity index (χ3v) is 6.68. The molecule has 1 aliphatic carbocycles. The van der Waals surface area contributed by atoms with Gasteiger partial charge in [-0.2, -0.15) is 0 Å². The van der Waals surface area contributed by atoms with Crippen LogP contribution in [0.2, 0.25) is 0 Å². The molecular weight excluding hydrogens is 404 g/mol. The van der Waals surface area contributed by atoms with Gasteiger partial charge in [-0.25, -0.2) is 0 Å². The third-order valence-electron chi connectivity index (χ3n) is 6.68. The van der Waals surface area contributed by atoms with Crippen LogP contribution >= 0.6 is 0 Å². The number of hydrogen-bond acceptors (Lipinski definition) is 4. The Labute approximate surface area is 190 Å². The van der Waals surface area contributed by atoms with Crippen LogP contribution in [-0.2, 0) is 16.1 Å². The summed E-state index contributed by atoms with van der Waals surface area (Å²) in [5.74, 6) is 1.42. The van der Waals surface area contributed by atoms with Crippen LogP contribution in [0, 0.1) is 0 Å². The smallest absolute Gasteiger partial charge is 0.250 e. The zero-order chi connectivity index (χ0) is 22.5. The minimum absolute atomic E-state index is 0.0107. The van der Waals surface area contributed by atoms with E-state index in [-0.39, 0.29) is 24.4 Å². The average molecular weight is 437 g/mol. The van der Waals surface area contributed by atoms with Gasteiger partial charge in [0, 0.05) is 11.6 Å². The SMILES string of the molecule is COc1ccc([C@@H]2C(=O)N(C3CCCCCC3)CC(=O)N2Cc2ccccc2OC)cc1. The molecule has 0 aromatic heterocycles. The van der Waals surface area contributed by atoms with Crippen LogP contribution < -0.4 is 9.47 Å². The van der Waals surface area contributed by atoms with Crippen LogP contribution in [0.3, 0.4) is 0 Å². The maximum atomic E-state index is 13.9. The van der Waals surface area contributed by atoms with Gasteiger partial charge in [0.25, 0.3) is 5.91 Å². The van der Waals surface area contributed by atoms with Gasteiger partial charge >= 0.3 is 0 Å². The van der Waals surface area contributed by atoms with Gasteiger partial charge in [0.2, 0.25) is 5.91 Å². The van der Waals surface area contributed by atoms with Gasteiger partial charge in [-0.3, -0.25) is 9.59 Å². The predicted molar refractivity (Wildman–Crippen MR) is 122 cm³/mol. The number of piperazine rings is 1. The normalized spacial score (nSPS) is 20.2. The van der Waals surface area contributed by atoms with E-state index in [1.54, 1.807) is 19.1 Å². The van der Waals surface area contributed by atoms with Crippen molar-refractivity contribution in [2.24, 2.45) is 0 Å². The molecule has 1 saturated heterocycles. The Balaban J connectivity index is 1.69. The number of carbonyl (C=O) groups excluding carboxylic acids is 2. The first-order valence-corrected chi connectivity index (χ1v) is 11.5. The summed E-state index contributed by atoms with van der Waals surface area (Å²) in [5.41, 5.74) is 1.69. The lowest BCUT2D eigenvalue weighted by molar-refractivity contribution is -0.159. The van der Waals surface area contributed by atoms with E-state index in [9.17, 15) is 9.59 Å². The van der Waals surface area contributed by atoms with Crippen molar-refractivity contribution in [3.63, 3.8) is 0 Å². The second kappa shape index (κ2) is 10.1. The molecule has 6 heteroatoms. The second-order valence-electron chi connectivity index (χ2n) is 8.62. The van der Waals surface area contributed by atoms with Crippen molar-refractivity contribution in [2.75, 3.05) is 20.8 Å². The third kappa shape index (κ3) is 4.59. The highest BCUT2D eigenvalue weighted by Crippen LogP contribution is 2.34. The molecule has 4 rings (SSSR count). The molecule has 0 spiro atoms. The van der Waals surface area contributed by atoms with E-state index >= 15 is 0 Å². The molecule has 1 atom stereocenters. The molecule has 1 heterocycles. The molecule has 0 unspecified atom stereocenters. The highest BCUT2D eigenvalue weighted by atomic mass is 16.5. The molecule has 2 aromatic carbocycles. The van der Waals surface area contributed by atoms with E-state index in [0.29, 0.717) is 12.3 Å². The minimum atomic E-state index is -0.657. The highest BCUT2D eigenvalue weighted by Gasteiger charge is 2.43. The van der Waals surface area contributed by atoms with E-state index in [1.807, 2.05) is 53.4 Å². The fourth-order valence-electron chi connectivity index (χ4n) is 4.93. The lowest BCUT2D eigenvalue weighted by Crippen LogP contribution is -2.57. The van der Waals surface area contributed by atoms with Gasteiger partial charge in [-0.15, -0.1) is 0 Å². The molecule has 2 aliphatic rings. The fourth-order valence-corrected chi connectivity index (χ4v) is 4.93. The van der Waals surface area contributed by atoms with Crippen molar-refractivity contribution >= 4 is 11.8 Å². The van der Waals surface area contributed by atoms with Crippen molar-refractivity contribution < 1.29 is 19.1 Å². The molecule has 0 radical (unpaired) electrons. The number of carbonyl (C=O) groups is 2. The van der Waals surface area contributed by atoms with Crippen molar-refractivity contribution in [3.05, 3.63) is 59.7 Å². The number of nitrogens with zero attached hydrogens (tertiary/aromatic N) is 2. The molecule has 0 bridgehead atoms. The van der Waals surface area contributed by atoms with Crippen LogP contribution in [0.1, 0.15) is 55.7 Å². The Hall–Kier alpha value is -3.02. The topological polar surface area (TPSA) is 59.1 Å². The van der Waals surface area contributed by atoms with E-state index in [0.717, 1.165) is 42.6 Å². The molecule has 6 nitrogen and oxygen atoms in total. The summed E-state index contributed by atoms with van der Waals surface area (Å²) in [7, 11) is 3.24. The van der Waals surface area contributed by atoms with Crippen LogP contribution in [0.4, 0.5) is 0 Å². The average Bonchev–Trinajstić information content (AvgIpc) is 3.11. The van der Waals surface area contributed by atoms with Crippen molar-refractivity contribution in [1.82, 2.24) is 9.80 Å². The first kappa shape index (κ1) is 22.2. The summed E-state index contributed by atoms with van der Waals surface area (Å²) < 4.78 is 10.8. The zero-order valence-corrected chi connectivity index (χ0v) is 19.0. The molecule has 32 heavy (non-hydrogen) atoms. The molecule has 1 aliphatic heterocycles. The summed E-state index contributed by atoms with van der Waals surface area (Å²) in [6, 6.07) is 14.6. The lowest BCUT2D eigenvalue weighted by Gasteiger charge is -2.43. The van der Waals surface area contributed by atoms with Gasteiger partial charge in [-0.05, 0) is 36.6 Å². The number of ether oxygens (including phenoxy) is 2. The predicted octanol–water partition coefficient (Wildman–Crippen LogP) is 4.34. The Morgan fingerprint density at radius 2 is 1.56 bits per heavy atom. The summed E-state index contributed by atoms with van der Waals surface area (Å²) in [4.78, 5) is 30.9. The largest absolute Gasteiger partial charge is 0.497 e. The van der Waals surface area contributed by atoms with Crippen LogP contribution in [-0.4, -0.2) is 48.4 Å². The molecule has 2 amide bonds. The Morgan fingerprint density at radius 3 is 2.22 bits per heavy atom. The minimum Gasteiger partial charge on any atom is -0.497 e. The standard InChI is InChI=1S/C26H32N2O4/c1-31-22-15-13-19(14-16-22)25-26(30)27(21-10-5-3-4-6-11-21)18-24(29)28(25)17-20-9-7-8-12-23(20)32-2/h7-9,12-16,21,25H,3-6,10-11,17-18H2,1-2H3/t25-/m1/s1. The summed E-state index contributed by atoms with van der Waals surface area (Å²) >= 11 is 0. The number of methoxy groups -OCH3 is 2. The number of para-hydroxylation sites is 1. The number of hydrogen-bond donors (Lipinski definition) is 0. The van der Waals surface area contributed by atoms with Gasteiger partial charge < -0.3 is 19.3 Å². The van der Waals surface area contributed by atoms with Crippen molar-refractivity contribution in [1.29, 1.82) is 0 Å². The van der Waals surface area contributed by atoms with Gasteiger partial charge in [0.15, 0.2) is 0 Å². The maximum Gasteiger partial charge on any atom is 0.250 e. The molecular formula is C26H32N2O4. The summed E-state index contributed by atoms with van der Waals surface area (Å²) in [6.45, 7) is 0.467. The monoisotopic (exact) mass is 436 g/mol. The molecule has 0 N–H and O–H groups in total. The van der Waals surface area contributed by atoms with E-state index in [2.05, 4.69) is 0 Å². The second-order valence-corrected chi connectivity index (χ2v) is 8.62. The van der Waals surface area contributed by atoms with Gasteiger partial charge in [0.05, 0.1) is 20.8 Å². The quantitative estimate of drug-likeness (QED) is 0.632. The van der Waals surface area contributed by atoms with Crippen LogP contribution in [0.25, 0.3) is 0 Å². The Kier molecular flexibility index (Phi) is 6.98. The summed E-state index contributed by atoms with van der Waals surface area (Å²) in [6.07, 6.45) is 6.58. The molecule has 1 saturated carbocycles. The Bertz CT molecular complexity index is 935. The first-order valence-electron chi connectivity index (χ1n) is 11.5. The number of rotatable bonds is 6. The lowest BCUT2D eigenvalue weighted by atomic mass is 9.96. The van der Waals surface area contributed by atoms with E-state index < -0.39 is 6.04 Å².